The van der Waals surface area contributed by atoms with Crippen molar-refractivity contribution >= 4 is 16.0 Å². The highest BCUT2D eigenvalue weighted by Crippen LogP contribution is 2.15. The normalized spacial score (nSPS) is 13.5. The van der Waals surface area contributed by atoms with E-state index >= 15 is 0 Å². The largest absolute Gasteiger partial charge is 0.391 e. The zero-order valence-corrected chi connectivity index (χ0v) is 28.5. The highest BCUT2D eigenvalue weighted by Gasteiger charge is 2.26. The van der Waals surface area contributed by atoms with Crippen molar-refractivity contribution in [3.63, 3.8) is 0 Å². The molecule has 0 aliphatic heterocycles. The van der Waals surface area contributed by atoms with Crippen molar-refractivity contribution in [2.45, 2.75) is 199 Å². The summed E-state index contributed by atoms with van der Waals surface area (Å²) in [6.45, 7) is 4.49. The Balaban J connectivity index is 3.93. The third-order valence-electron chi connectivity index (χ3n) is 8.22. The minimum absolute atomic E-state index is 0.255. The summed E-state index contributed by atoms with van der Waals surface area (Å²) in [6.07, 6.45) is 34.4. The molecule has 2 unspecified atom stereocenters. The summed E-state index contributed by atoms with van der Waals surface area (Å²) < 4.78 is 32.3. The molecule has 1 amide bonds. The summed E-state index contributed by atoms with van der Waals surface area (Å²) in [5.74, 6) is -0.903. The lowest BCUT2D eigenvalue weighted by molar-refractivity contribution is -0.122. The van der Waals surface area contributed by atoms with Crippen LogP contribution in [-0.2, 0) is 14.9 Å². The molecule has 6 nitrogen and oxygen atoms in total. The first kappa shape index (κ1) is 41.1. The first-order valence-corrected chi connectivity index (χ1v) is 19.5. The minimum Gasteiger partial charge on any atom is -0.391 e. The summed E-state index contributed by atoms with van der Waals surface area (Å²) in [5.41, 5.74) is 0. The van der Waals surface area contributed by atoms with Crippen LogP contribution in [0.15, 0.2) is 12.2 Å². The maximum absolute atomic E-state index is 12.4. The Bertz CT molecular complexity index is 725. The predicted octanol–water partition coefficient (Wildman–Crippen LogP) is 9.85. The summed E-state index contributed by atoms with van der Waals surface area (Å²) in [4.78, 5) is 12.4. The molecule has 0 rings (SSSR count). The number of carbonyl (C=O) groups is 1. The molecule has 0 aliphatic rings. The van der Waals surface area contributed by atoms with E-state index in [1.807, 2.05) is 0 Å². The van der Waals surface area contributed by atoms with Crippen LogP contribution in [0.1, 0.15) is 187 Å². The van der Waals surface area contributed by atoms with Crippen molar-refractivity contribution in [1.82, 2.24) is 5.32 Å². The van der Waals surface area contributed by atoms with Crippen LogP contribution in [0, 0.1) is 0 Å². The topological polar surface area (TPSA) is 104 Å². The molecule has 3 N–H and O–H groups in total. The first-order valence-electron chi connectivity index (χ1n) is 17.9. The summed E-state index contributed by atoms with van der Waals surface area (Å²) in [6, 6.07) is -0.969. The maximum Gasteiger partial charge on any atom is 0.266 e. The van der Waals surface area contributed by atoms with Gasteiger partial charge < -0.3 is 10.4 Å². The summed E-state index contributed by atoms with van der Waals surface area (Å²) >= 11 is 0. The van der Waals surface area contributed by atoms with E-state index in [1.165, 1.54) is 109 Å². The fraction of sp³-hybridized carbons (Fsp3) is 0.914. The van der Waals surface area contributed by atoms with Crippen molar-refractivity contribution in [2.75, 3.05) is 5.75 Å². The predicted molar refractivity (Wildman–Crippen MR) is 180 cm³/mol. The zero-order chi connectivity index (χ0) is 31.2. The molecule has 0 bridgehead atoms. The molecule has 0 saturated heterocycles. The third-order valence-corrected chi connectivity index (χ3v) is 9.00. The molecule has 0 radical (unpaired) electrons. The van der Waals surface area contributed by atoms with Crippen molar-refractivity contribution < 1.29 is 22.9 Å². The lowest BCUT2D eigenvalue weighted by Gasteiger charge is -2.23. The molecule has 0 aromatic carbocycles. The zero-order valence-electron chi connectivity index (χ0n) is 27.6. The highest BCUT2D eigenvalue weighted by molar-refractivity contribution is 7.85. The van der Waals surface area contributed by atoms with Gasteiger partial charge in [-0.25, -0.2) is 0 Å². The molecule has 0 heterocycles. The van der Waals surface area contributed by atoms with Crippen molar-refractivity contribution in [3.8, 4) is 0 Å². The fourth-order valence-corrected chi connectivity index (χ4v) is 6.27. The minimum atomic E-state index is -4.30. The number of allylic oxidation sites excluding steroid dienone is 2. The van der Waals surface area contributed by atoms with Crippen LogP contribution in [0.2, 0.25) is 0 Å². The fourth-order valence-electron chi connectivity index (χ4n) is 5.51. The van der Waals surface area contributed by atoms with E-state index in [2.05, 4.69) is 31.3 Å². The Morgan fingerprint density at radius 2 is 1.00 bits per heavy atom. The van der Waals surface area contributed by atoms with Gasteiger partial charge in [0.05, 0.1) is 17.9 Å². The van der Waals surface area contributed by atoms with Crippen LogP contribution >= 0.6 is 0 Å². The third kappa shape index (κ3) is 30.5. The Kier molecular flexibility index (Phi) is 29.5. The Hall–Kier alpha value is -0.920. The second kappa shape index (κ2) is 30.1. The van der Waals surface area contributed by atoms with Crippen LogP contribution in [0.3, 0.4) is 0 Å². The van der Waals surface area contributed by atoms with E-state index < -0.39 is 28.0 Å². The van der Waals surface area contributed by atoms with Crippen molar-refractivity contribution in [1.29, 1.82) is 0 Å². The lowest BCUT2D eigenvalue weighted by Crippen LogP contribution is -2.47. The van der Waals surface area contributed by atoms with E-state index in [0.717, 1.165) is 51.4 Å². The molecule has 0 saturated carbocycles. The van der Waals surface area contributed by atoms with Crippen LogP contribution < -0.4 is 5.32 Å². The number of amides is 1. The molecule has 42 heavy (non-hydrogen) atoms. The van der Waals surface area contributed by atoms with Gasteiger partial charge in [-0.2, -0.15) is 8.42 Å². The number of nitrogens with one attached hydrogen (secondary N) is 1. The van der Waals surface area contributed by atoms with Gasteiger partial charge in [0.15, 0.2) is 0 Å². The second-order valence-corrected chi connectivity index (χ2v) is 14.0. The molecule has 0 spiro atoms. The van der Waals surface area contributed by atoms with E-state index in [0.29, 0.717) is 12.8 Å². The van der Waals surface area contributed by atoms with Crippen LogP contribution in [0.4, 0.5) is 0 Å². The van der Waals surface area contributed by atoms with E-state index in [-0.39, 0.29) is 5.91 Å². The number of aliphatic hydroxyl groups is 1. The Morgan fingerprint density at radius 3 is 1.43 bits per heavy atom. The van der Waals surface area contributed by atoms with Gasteiger partial charge in [0.1, 0.15) is 0 Å². The van der Waals surface area contributed by atoms with Gasteiger partial charge in [-0.1, -0.05) is 154 Å². The molecule has 2 atom stereocenters. The average Bonchev–Trinajstić information content (AvgIpc) is 2.94. The first-order chi connectivity index (χ1) is 20.3. The molecular formula is C35H69NO5S. The summed E-state index contributed by atoms with van der Waals surface area (Å²) in [7, 11) is -4.30. The standard InChI is InChI=1S/C35H69NO5S/c1-3-5-7-9-11-13-15-16-17-18-19-21-23-25-27-29-31-35(38)36-33(32-42(39,40)41)34(37)30-28-26-24-22-20-14-12-10-8-6-4-2/h17-18,33-34,37H,3-16,19-32H2,1-2H3,(H,36,38)(H,39,40,41)/b18-17-. The number of carbonyl (C=O) groups excluding carboxylic acids is 1. The number of aliphatic hydroxyl groups excluding tert-OH is 1. The van der Waals surface area contributed by atoms with Gasteiger partial charge in [-0.05, 0) is 38.5 Å². The Morgan fingerprint density at radius 1 is 0.619 bits per heavy atom. The van der Waals surface area contributed by atoms with Crippen molar-refractivity contribution in [2.24, 2.45) is 0 Å². The van der Waals surface area contributed by atoms with E-state index in [9.17, 15) is 22.9 Å². The molecule has 0 aromatic heterocycles. The molecule has 250 valence electrons. The van der Waals surface area contributed by atoms with E-state index in [1.54, 1.807) is 0 Å². The molecule has 0 fully saturated rings. The van der Waals surface area contributed by atoms with Gasteiger partial charge in [-0.15, -0.1) is 0 Å². The average molecular weight is 616 g/mol. The molecule has 0 aliphatic carbocycles. The number of hydrogen-bond acceptors (Lipinski definition) is 4. The van der Waals surface area contributed by atoms with Crippen LogP contribution in [0.25, 0.3) is 0 Å². The number of rotatable bonds is 32. The molecular weight excluding hydrogens is 546 g/mol. The van der Waals surface area contributed by atoms with E-state index in [4.69, 9.17) is 0 Å². The second-order valence-electron chi connectivity index (χ2n) is 12.5. The highest BCUT2D eigenvalue weighted by atomic mass is 32.2. The Labute approximate surface area is 261 Å². The monoisotopic (exact) mass is 615 g/mol. The number of hydrogen-bond donors (Lipinski definition) is 3. The van der Waals surface area contributed by atoms with Gasteiger partial charge in [0.25, 0.3) is 10.1 Å². The molecule has 0 aromatic rings. The smallest absolute Gasteiger partial charge is 0.266 e. The lowest BCUT2D eigenvalue weighted by atomic mass is 10.0. The van der Waals surface area contributed by atoms with Crippen LogP contribution in [0.5, 0.6) is 0 Å². The van der Waals surface area contributed by atoms with Gasteiger partial charge >= 0.3 is 0 Å². The van der Waals surface area contributed by atoms with Gasteiger partial charge in [-0.3, -0.25) is 9.35 Å². The number of unbranched alkanes of at least 4 members (excludes halogenated alkanes) is 22. The van der Waals surface area contributed by atoms with Gasteiger partial charge in [0, 0.05) is 6.42 Å². The SMILES string of the molecule is CCCCCCCCC/C=C\CCCCCCCC(=O)NC(CS(=O)(=O)O)C(O)CCCCCCCCCCCCC. The summed E-state index contributed by atoms with van der Waals surface area (Å²) in [5, 5.41) is 13.3. The van der Waals surface area contributed by atoms with Crippen molar-refractivity contribution in [3.05, 3.63) is 12.2 Å². The quantitative estimate of drug-likeness (QED) is 0.0397. The van der Waals surface area contributed by atoms with Crippen LogP contribution in [-0.4, -0.2) is 41.9 Å². The molecule has 7 heteroatoms. The maximum atomic E-state index is 12.4. The van der Waals surface area contributed by atoms with Gasteiger partial charge in [0.2, 0.25) is 5.91 Å².